The third-order valence-electron chi connectivity index (χ3n) is 5.44. The maximum absolute atomic E-state index is 13.4. The van der Waals surface area contributed by atoms with Crippen LogP contribution >= 0.6 is 0 Å². The van der Waals surface area contributed by atoms with Gasteiger partial charge in [0.15, 0.2) is 23.5 Å². The zero-order chi connectivity index (χ0) is 23.5. The number of hydrogen-bond donors (Lipinski definition) is 1. The van der Waals surface area contributed by atoms with Crippen LogP contribution in [-0.2, 0) is 0 Å². The fourth-order valence-electron chi connectivity index (χ4n) is 3.81. The molecular weight excluding hydrogens is 448 g/mol. The number of rotatable bonds is 5. The fraction of sp³-hybridized carbons (Fsp3) is 0.261. The molecule has 3 heterocycles. The zero-order valence-corrected chi connectivity index (χ0v) is 17.9. The summed E-state index contributed by atoms with van der Waals surface area (Å²) in [6, 6.07) is 13.6. The first-order valence-electron chi connectivity index (χ1n) is 10.6. The van der Waals surface area contributed by atoms with E-state index in [1.54, 1.807) is 11.0 Å². The van der Waals surface area contributed by atoms with Crippen molar-refractivity contribution in [2.45, 2.75) is 12.5 Å². The standard InChI is InChI=1S/C23H21F2N5O4/c24-23(25)33-18-7-6-17(14-19(18)34-23)32-21(16-4-2-1-3-5-16)29-10-12-30(13-11-29)22(31)28-20-15-26-8-9-27-20/h1-9,14-15,21H,10-13H2,(H,27,28,31). The molecule has 0 bridgehead atoms. The van der Waals surface area contributed by atoms with E-state index < -0.39 is 12.5 Å². The van der Waals surface area contributed by atoms with E-state index in [2.05, 4.69) is 29.7 Å². The Morgan fingerprint density at radius 2 is 1.79 bits per heavy atom. The molecule has 1 fully saturated rings. The van der Waals surface area contributed by atoms with Crippen molar-refractivity contribution in [3.8, 4) is 17.2 Å². The van der Waals surface area contributed by atoms with Gasteiger partial charge < -0.3 is 19.1 Å². The van der Waals surface area contributed by atoms with Crippen LogP contribution in [0.1, 0.15) is 11.8 Å². The lowest BCUT2D eigenvalue weighted by Crippen LogP contribution is -2.51. The molecule has 2 aliphatic rings. The third-order valence-corrected chi connectivity index (χ3v) is 5.44. The van der Waals surface area contributed by atoms with Crippen LogP contribution in [0.4, 0.5) is 19.4 Å². The maximum Gasteiger partial charge on any atom is 0.586 e. The van der Waals surface area contributed by atoms with E-state index in [9.17, 15) is 13.6 Å². The van der Waals surface area contributed by atoms with Crippen molar-refractivity contribution in [1.82, 2.24) is 19.8 Å². The van der Waals surface area contributed by atoms with Gasteiger partial charge in [-0.2, -0.15) is 0 Å². The number of amides is 2. The molecule has 9 nitrogen and oxygen atoms in total. The summed E-state index contributed by atoms with van der Waals surface area (Å²) >= 11 is 0. The van der Waals surface area contributed by atoms with E-state index in [0.29, 0.717) is 37.7 Å². The Morgan fingerprint density at radius 1 is 1.03 bits per heavy atom. The highest BCUT2D eigenvalue weighted by molar-refractivity contribution is 5.88. The SMILES string of the molecule is O=C(Nc1cnccn1)N1CCN(C(Oc2ccc3c(c2)OC(F)(F)O3)c2ccccc2)CC1. The number of fused-ring (bicyclic) bond motifs is 1. The minimum Gasteiger partial charge on any atom is -0.471 e. The third kappa shape index (κ3) is 4.84. The molecule has 0 aliphatic carbocycles. The predicted octanol–water partition coefficient (Wildman–Crippen LogP) is 3.73. The van der Waals surface area contributed by atoms with Gasteiger partial charge in [0.2, 0.25) is 0 Å². The number of alkyl halides is 2. The summed E-state index contributed by atoms with van der Waals surface area (Å²) in [5, 5.41) is 2.73. The van der Waals surface area contributed by atoms with Crippen LogP contribution in [0.3, 0.4) is 0 Å². The Bertz CT molecular complexity index is 1140. The Kier molecular flexibility index (Phi) is 5.84. The van der Waals surface area contributed by atoms with E-state index in [1.807, 2.05) is 30.3 Å². The smallest absolute Gasteiger partial charge is 0.471 e. The fourth-order valence-corrected chi connectivity index (χ4v) is 3.81. The number of halogens is 2. The van der Waals surface area contributed by atoms with Crippen molar-refractivity contribution < 1.29 is 27.8 Å². The summed E-state index contributed by atoms with van der Waals surface area (Å²) in [6.07, 6.45) is 0.333. The Balaban J connectivity index is 1.28. The molecule has 0 spiro atoms. The van der Waals surface area contributed by atoms with Gasteiger partial charge in [0, 0.05) is 50.2 Å². The van der Waals surface area contributed by atoms with Crippen LogP contribution in [-0.4, -0.2) is 58.3 Å². The van der Waals surface area contributed by atoms with E-state index in [4.69, 9.17) is 4.74 Å². The highest BCUT2D eigenvalue weighted by Crippen LogP contribution is 2.43. The van der Waals surface area contributed by atoms with E-state index in [1.165, 1.54) is 30.7 Å². The van der Waals surface area contributed by atoms with Gasteiger partial charge in [0.25, 0.3) is 0 Å². The summed E-state index contributed by atoms with van der Waals surface area (Å²) in [5.41, 5.74) is 0.892. The maximum atomic E-state index is 13.4. The second kappa shape index (κ2) is 9.10. The van der Waals surface area contributed by atoms with Crippen LogP contribution in [0.5, 0.6) is 17.2 Å². The van der Waals surface area contributed by atoms with Crippen molar-refractivity contribution in [3.63, 3.8) is 0 Å². The van der Waals surface area contributed by atoms with E-state index in [-0.39, 0.29) is 17.5 Å². The topological polar surface area (TPSA) is 89.1 Å². The van der Waals surface area contributed by atoms with Gasteiger partial charge in [0.1, 0.15) is 5.75 Å². The molecular formula is C23H21F2N5O4. The number of hydrogen-bond acceptors (Lipinski definition) is 7. The quantitative estimate of drug-likeness (QED) is 0.609. The first-order valence-corrected chi connectivity index (χ1v) is 10.6. The number of benzene rings is 2. The van der Waals surface area contributed by atoms with Gasteiger partial charge in [-0.15, -0.1) is 8.78 Å². The number of nitrogens with one attached hydrogen (secondary N) is 1. The lowest BCUT2D eigenvalue weighted by atomic mass is 10.1. The number of urea groups is 1. The molecule has 1 aromatic heterocycles. The Morgan fingerprint density at radius 3 is 2.53 bits per heavy atom. The first-order chi connectivity index (χ1) is 16.5. The van der Waals surface area contributed by atoms with E-state index >= 15 is 0 Å². The van der Waals surface area contributed by atoms with Gasteiger partial charge in [-0.1, -0.05) is 30.3 Å². The molecule has 2 amide bonds. The van der Waals surface area contributed by atoms with Gasteiger partial charge in [-0.25, -0.2) is 9.78 Å². The van der Waals surface area contributed by atoms with Crippen molar-refractivity contribution in [3.05, 3.63) is 72.7 Å². The number of aromatic nitrogens is 2. The number of ether oxygens (including phenoxy) is 3. The van der Waals surface area contributed by atoms with Gasteiger partial charge >= 0.3 is 12.3 Å². The Labute approximate surface area is 193 Å². The minimum absolute atomic E-state index is 0.0451. The molecule has 0 radical (unpaired) electrons. The summed E-state index contributed by atoms with van der Waals surface area (Å²) in [7, 11) is 0. The van der Waals surface area contributed by atoms with Crippen LogP contribution in [0.2, 0.25) is 0 Å². The van der Waals surface area contributed by atoms with E-state index in [0.717, 1.165) is 5.56 Å². The van der Waals surface area contributed by atoms with Gasteiger partial charge in [0.05, 0.1) is 6.20 Å². The monoisotopic (exact) mass is 469 g/mol. The predicted molar refractivity (Wildman–Crippen MR) is 117 cm³/mol. The highest BCUT2D eigenvalue weighted by atomic mass is 19.3. The van der Waals surface area contributed by atoms with Crippen LogP contribution in [0.25, 0.3) is 0 Å². The molecule has 1 unspecified atom stereocenters. The molecule has 2 aliphatic heterocycles. The lowest BCUT2D eigenvalue weighted by Gasteiger charge is -2.39. The minimum atomic E-state index is -3.69. The molecule has 176 valence electrons. The molecule has 3 aromatic rings. The normalized spacial score (nSPS) is 17.8. The second-order valence-corrected chi connectivity index (χ2v) is 7.70. The zero-order valence-electron chi connectivity index (χ0n) is 17.9. The van der Waals surface area contributed by atoms with Crippen molar-refractivity contribution in [2.75, 3.05) is 31.5 Å². The number of nitrogens with zero attached hydrogens (tertiary/aromatic N) is 4. The van der Waals surface area contributed by atoms with Gasteiger partial charge in [-0.3, -0.25) is 15.2 Å². The molecule has 1 saturated heterocycles. The first kappa shape index (κ1) is 21.8. The summed E-state index contributed by atoms with van der Waals surface area (Å²) in [5.74, 6) is 0.613. The molecule has 1 N–H and O–H groups in total. The van der Waals surface area contributed by atoms with Crippen molar-refractivity contribution in [1.29, 1.82) is 0 Å². The van der Waals surface area contributed by atoms with Gasteiger partial charge in [-0.05, 0) is 12.1 Å². The summed E-state index contributed by atoms with van der Waals surface area (Å²) < 4.78 is 42.0. The molecule has 1 atom stereocenters. The molecule has 0 saturated carbocycles. The number of carbonyl (C=O) groups is 1. The molecule has 2 aromatic carbocycles. The number of anilines is 1. The second-order valence-electron chi connectivity index (χ2n) is 7.70. The van der Waals surface area contributed by atoms with Crippen molar-refractivity contribution >= 4 is 11.8 Å². The van der Waals surface area contributed by atoms with Crippen LogP contribution < -0.4 is 19.5 Å². The average Bonchev–Trinajstić information content (AvgIpc) is 3.17. The summed E-state index contributed by atoms with van der Waals surface area (Å²) in [4.78, 5) is 24.4. The molecule has 5 rings (SSSR count). The Hall–Kier alpha value is -3.99. The largest absolute Gasteiger partial charge is 0.586 e. The van der Waals surface area contributed by atoms with Crippen molar-refractivity contribution in [2.24, 2.45) is 0 Å². The van der Waals surface area contributed by atoms with Crippen LogP contribution in [0.15, 0.2) is 67.1 Å². The highest BCUT2D eigenvalue weighted by Gasteiger charge is 2.43. The lowest BCUT2D eigenvalue weighted by molar-refractivity contribution is -0.286. The van der Waals surface area contributed by atoms with Crippen LogP contribution in [0, 0.1) is 0 Å². The molecule has 34 heavy (non-hydrogen) atoms. The number of carbonyl (C=O) groups excluding carboxylic acids is 1. The summed E-state index contributed by atoms with van der Waals surface area (Å²) in [6.45, 7) is 2.00. The number of piperazine rings is 1. The molecule has 11 heteroatoms. The average molecular weight is 469 g/mol.